The molecule has 3 rings (SSSR count). The molecule has 5 heteroatoms. The minimum absolute atomic E-state index is 0.100. The smallest absolute Gasteiger partial charge is 0.303 e. The van der Waals surface area contributed by atoms with Crippen LogP contribution in [0.2, 0.25) is 0 Å². The molecular weight excluding hydrogens is 354 g/mol. The van der Waals surface area contributed by atoms with E-state index >= 15 is 0 Å². The second kappa shape index (κ2) is 9.46. The van der Waals surface area contributed by atoms with E-state index in [2.05, 4.69) is 4.98 Å². The Morgan fingerprint density at radius 1 is 0.964 bits per heavy atom. The molecule has 0 saturated carbocycles. The van der Waals surface area contributed by atoms with Crippen molar-refractivity contribution in [3.63, 3.8) is 0 Å². The van der Waals surface area contributed by atoms with Crippen LogP contribution in [0.4, 0.5) is 0 Å². The van der Waals surface area contributed by atoms with Crippen LogP contribution < -0.4 is 4.74 Å². The highest BCUT2D eigenvalue weighted by Crippen LogP contribution is 2.26. The molecule has 0 unspecified atom stereocenters. The van der Waals surface area contributed by atoms with Gasteiger partial charge < -0.3 is 9.84 Å². The maximum atomic E-state index is 13.1. The van der Waals surface area contributed by atoms with E-state index in [0.717, 1.165) is 5.56 Å². The average Bonchev–Trinajstić information content (AvgIpc) is 2.74. The van der Waals surface area contributed by atoms with Crippen molar-refractivity contribution < 1.29 is 19.4 Å². The van der Waals surface area contributed by atoms with Gasteiger partial charge in [-0.1, -0.05) is 48.5 Å². The first-order valence-electron chi connectivity index (χ1n) is 9.07. The predicted molar refractivity (Wildman–Crippen MR) is 105 cm³/mol. The molecule has 28 heavy (non-hydrogen) atoms. The van der Waals surface area contributed by atoms with Gasteiger partial charge in [-0.05, 0) is 36.2 Å². The number of pyridine rings is 1. The van der Waals surface area contributed by atoms with E-state index in [0.29, 0.717) is 23.6 Å². The Kier molecular flexibility index (Phi) is 6.52. The summed E-state index contributed by atoms with van der Waals surface area (Å²) in [5, 5.41) is 9.03. The molecule has 0 bridgehead atoms. The third-order valence-corrected chi connectivity index (χ3v) is 4.38. The van der Waals surface area contributed by atoms with Gasteiger partial charge in [-0.3, -0.25) is 14.6 Å². The quantitative estimate of drug-likeness (QED) is 0.558. The van der Waals surface area contributed by atoms with Crippen LogP contribution in [-0.4, -0.2) is 21.8 Å². The fourth-order valence-electron chi connectivity index (χ4n) is 2.94. The van der Waals surface area contributed by atoms with Gasteiger partial charge in [0, 0.05) is 18.2 Å². The summed E-state index contributed by atoms with van der Waals surface area (Å²) in [6.07, 6.45) is 1.70. The topological polar surface area (TPSA) is 76.5 Å². The number of ketones is 1. The minimum Gasteiger partial charge on any atom is -0.489 e. The molecule has 3 aromatic rings. The van der Waals surface area contributed by atoms with Crippen LogP contribution >= 0.6 is 0 Å². The van der Waals surface area contributed by atoms with E-state index in [-0.39, 0.29) is 18.6 Å². The predicted octanol–water partition coefficient (Wildman–Crippen LogP) is 4.49. The first kappa shape index (κ1) is 19.3. The third-order valence-electron chi connectivity index (χ3n) is 4.38. The van der Waals surface area contributed by atoms with Crippen molar-refractivity contribution in [1.82, 2.24) is 4.98 Å². The number of carboxylic acid groups (broad SMARTS) is 1. The molecule has 0 saturated heterocycles. The summed E-state index contributed by atoms with van der Waals surface area (Å²) in [7, 11) is 0. The van der Waals surface area contributed by atoms with Gasteiger partial charge in [0.1, 0.15) is 12.4 Å². The van der Waals surface area contributed by atoms with Gasteiger partial charge in [0.2, 0.25) is 0 Å². The van der Waals surface area contributed by atoms with E-state index in [4.69, 9.17) is 9.84 Å². The molecule has 142 valence electrons. The maximum absolute atomic E-state index is 13.1. The van der Waals surface area contributed by atoms with Gasteiger partial charge in [0.05, 0.1) is 11.6 Å². The van der Waals surface area contributed by atoms with Crippen LogP contribution in [0.1, 0.15) is 40.4 Å². The molecule has 0 fully saturated rings. The zero-order valence-electron chi connectivity index (χ0n) is 15.3. The largest absolute Gasteiger partial charge is 0.489 e. The number of Topliss-reactive ketones (excluding diaryl/α,β-unsaturated/α-hetero) is 1. The molecule has 1 aromatic heterocycles. The average molecular weight is 375 g/mol. The molecule has 0 aliphatic heterocycles. The molecule has 2 aromatic carbocycles. The first-order valence-corrected chi connectivity index (χ1v) is 9.07. The highest BCUT2D eigenvalue weighted by molar-refractivity contribution is 6.01. The van der Waals surface area contributed by atoms with Gasteiger partial charge >= 0.3 is 5.97 Å². The summed E-state index contributed by atoms with van der Waals surface area (Å²) in [6.45, 7) is 0.404. The number of carbonyl (C=O) groups is 2. The van der Waals surface area contributed by atoms with Crippen LogP contribution in [0.15, 0.2) is 79.0 Å². The molecule has 1 N–H and O–H groups in total. The molecule has 1 heterocycles. The van der Waals surface area contributed by atoms with Gasteiger partial charge in [-0.2, -0.15) is 0 Å². The number of aliphatic carboxylic acids is 1. The van der Waals surface area contributed by atoms with Crippen LogP contribution in [0.3, 0.4) is 0 Å². The van der Waals surface area contributed by atoms with Crippen LogP contribution in [-0.2, 0) is 11.4 Å². The van der Waals surface area contributed by atoms with Crippen molar-refractivity contribution in [3.05, 3.63) is 95.8 Å². The standard InChI is InChI=1S/C23H21NO4/c25-22(26)13-12-20(21-11-4-5-14-24-21)23(27)18-9-6-10-19(15-18)28-16-17-7-2-1-3-8-17/h1-11,14-15,20H,12-13,16H2,(H,25,26)/t20-/m0/s1. The third kappa shape index (κ3) is 5.27. The Bertz CT molecular complexity index is 926. The molecular formula is C23H21NO4. The van der Waals surface area contributed by atoms with Gasteiger partial charge in [0.15, 0.2) is 5.78 Å². The molecule has 0 spiro atoms. The zero-order chi connectivity index (χ0) is 19.8. The summed E-state index contributed by atoms with van der Waals surface area (Å²) in [4.78, 5) is 28.4. The van der Waals surface area contributed by atoms with Crippen molar-refractivity contribution in [3.8, 4) is 5.75 Å². The summed E-state index contributed by atoms with van der Waals surface area (Å²) < 4.78 is 5.80. The number of aromatic nitrogens is 1. The zero-order valence-corrected chi connectivity index (χ0v) is 15.3. The monoisotopic (exact) mass is 375 g/mol. The Morgan fingerprint density at radius 2 is 1.75 bits per heavy atom. The van der Waals surface area contributed by atoms with E-state index in [9.17, 15) is 9.59 Å². The number of nitrogens with zero attached hydrogens (tertiary/aromatic N) is 1. The SMILES string of the molecule is O=C(O)CC[C@H](C(=O)c1cccc(OCc2ccccc2)c1)c1ccccn1. The van der Waals surface area contributed by atoms with Crippen molar-refractivity contribution in [2.75, 3.05) is 0 Å². The number of benzene rings is 2. The summed E-state index contributed by atoms with van der Waals surface area (Å²) >= 11 is 0. The number of rotatable bonds is 9. The van der Waals surface area contributed by atoms with Gasteiger partial charge in [-0.15, -0.1) is 0 Å². The lowest BCUT2D eigenvalue weighted by Gasteiger charge is -2.15. The molecule has 0 aliphatic rings. The van der Waals surface area contributed by atoms with Crippen LogP contribution in [0.25, 0.3) is 0 Å². The van der Waals surface area contributed by atoms with Crippen molar-refractivity contribution in [2.24, 2.45) is 0 Å². The summed E-state index contributed by atoms with van der Waals surface area (Å²) in [5.41, 5.74) is 2.09. The Hall–Kier alpha value is -3.47. The fraction of sp³-hybridized carbons (Fsp3) is 0.174. The summed E-state index contributed by atoms with van der Waals surface area (Å²) in [5.74, 6) is -1.12. The summed E-state index contributed by atoms with van der Waals surface area (Å²) in [6, 6.07) is 22.1. The lowest BCUT2D eigenvalue weighted by molar-refractivity contribution is -0.137. The Morgan fingerprint density at radius 3 is 2.46 bits per heavy atom. The highest BCUT2D eigenvalue weighted by Gasteiger charge is 2.24. The van der Waals surface area contributed by atoms with E-state index < -0.39 is 11.9 Å². The molecule has 0 radical (unpaired) electrons. The lowest BCUT2D eigenvalue weighted by atomic mass is 9.90. The van der Waals surface area contributed by atoms with Crippen molar-refractivity contribution >= 4 is 11.8 Å². The molecule has 0 amide bonds. The number of carboxylic acids is 1. The van der Waals surface area contributed by atoms with Gasteiger partial charge in [-0.25, -0.2) is 0 Å². The van der Waals surface area contributed by atoms with Crippen molar-refractivity contribution in [2.45, 2.75) is 25.4 Å². The maximum Gasteiger partial charge on any atom is 0.303 e. The number of ether oxygens (including phenoxy) is 1. The minimum atomic E-state index is -0.936. The highest BCUT2D eigenvalue weighted by atomic mass is 16.5. The number of hydrogen-bond donors (Lipinski definition) is 1. The van der Waals surface area contributed by atoms with Crippen LogP contribution in [0, 0.1) is 0 Å². The second-order valence-corrected chi connectivity index (χ2v) is 6.41. The van der Waals surface area contributed by atoms with E-state index in [1.165, 1.54) is 0 Å². The normalized spacial score (nSPS) is 11.6. The van der Waals surface area contributed by atoms with Crippen LogP contribution in [0.5, 0.6) is 5.75 Å². The number of carbonyl (C=O) groups excluding carboxylic acids is 1. The molecule has 0 aliphatic carbocycles. The van der Waals surface area contributed by atoms with E-state index in [1.54, 1.807) is 48.7 Å². The molecule has 5 nitrogen and oxygen atoms in total. The van der Waals surface area contributed by atoms with E-state index in [1.807, 2.05) is 30.3 Å². The molecule has 1 atom stereocenters. The second-order valence-electron chi connectivity index (χ2n) is 6.41. The fourth-order valence-corrected chi connectivity index (χ4v) is 2.94. The van der Waals surface area contributed by atoms with Crippen molar-refractivity contribution in [1.29, 1.82) is 0 Å². The number of hydrogen-bond acceptors (Lipinski definition) is 4. The Labute approximate surface area is 163 Å². The first-order chi connectivity index (χ1) is 13.6. The Balaban J connectivity index is 1.77. The van der Waals surface area contributed by atoms with Gasteiger partial charge in [0.25, 0.3) is 0 Å². The lowest BCUT2D eigenvalue weighted by Crippen LogP contribution is -2.16.